The van der Waals surface area contributed by atoms with Crippen LogP contribution in [0.4, 0.5) is 5.69 Å². The number of hydrogen-bond acceptors (Lipinski definition) is 3. The first-order valence-electron chi connectivity index (χ1n) is 7.74. The fraction of sp³-hybridized carbons (Fsp3) is 0.0526. The van der Waals surface area contributed by atoms with Crippen molar-refractivity contribution < 1.29 is 9.53 Å². The molecule has 0 aromatic heterocycles. The van der Waals surface area contributed by atoms with Gasteiger partial charge in [0.05, 0.1) is 32.9 Å². The first kappa shape index (κ1) is 19.9. The third kappa shape index (κ3) is 4.19. The van der Waals surface area contributed by atoms with Crippen molar-refractivity contribution >= 4 is 78.8 Å². The van der Waals surface area contributed by atoms with E-state index in [-0.39, 0.29) is 5.11 Å². The van der Waals surface area contributed by atoms with Gasteiger partial charge in [-0.25, -0.2) is 0 Å². The highest BCUT2D eigenvalue weighted by atomic mass is 79.9. The van der Waals surface area contributed by atoms with E-state index < -0.39 is 5.91 Å². The van der Waals surface area contributed by atoms with Gasteiger partial charge in [0.1, 0.15) is 5.75 Å². The number of hydrogen-bond donors (Lipinski definition) is 2. The van der Waals surface area contributed by atoms with Crippen molar-refractivity contribution in [2.75, 3.05) is 12.4 Å². The molecule has 0 aliphatic heterocycles. The van der Waals surface area contributed by atoms with Crippen LogP contribution in [0.5, 0.6) is 5.75 Å². The van der Waals surface area contributed by atoms with Gasteiger partial charge in [-0.15, -0.1) is 0 Å². The normalized spacial score (nSPS) is 10.5. The molecular formula is C19H13BrCl2N2O2S. The van der Waals surface area contributed by atoms with Crippen molar-refractivity contribution in [3.8, 4) is 5.75 Å². The average Bonchev–Trinajstić information content (AvgIpc) is 2.65. The molecule has 0 bridgehead atoms. The lowest BCUT2D eigenvalue weighted by Gasteiger charge is -2.15. The Labute approximate surface area is 179 Å². The maximum absolute atomic E-state index is 12.8. The van der Waals surface area contributed by atoms with E-state index in [2.05, 4.69) is 26.6 Å². The molecule has 4 nitrogen and oxygen atoms in total. The van der Waals surface area contributed by atoms with Crippen molar-refractivity contribution in [3.05, 3.63) is 68.6 Å². The average molecular weight is 484 g/mol. The van der Waals surface area contributed by atoms with E-state index in [0.717, 1.165) is 10.8 Å². The minimum absolute atomic E-state index is 0.0931. The van der Waals surface area contributed by atoms with Crippen molar-refractivity contribution in [3.63, 3.8) is 0 Å². The number of benzene rings is 3. The molecule has 2 N–H and O–H groups in total. The minimum Gasteiger partial charge on any atom is -0.495 e. The fourth-order valence-electron chi connectivity index (χ4n) is 2.58. The van der Waals surface area contributed by atoms with Gasteiger partial charge >= 0.3 is 0 Å². The number of anilines is 1. The number of thiocarbonyl (C=S) groups is 1. The van der Waals surface area contributed by atoms with Crippen LogP contribution in [0.3, 0.4) is 0 Å². The lowest BCUT2D eigenvalue weighted by Crippen LogP contribution is -2.34. The molecule has 3 aromatic carbocycles. The molecule has 0 saturated heterocycles. The number of methoxy groups -OCH3 is 1. The van der Waals surface area contributed by atoms with Crippen molar-refractivity contribution in [1.82, 2.24) is 5.32 Å². The highest BCUT2D eigenvalue weighted by molar-refractivity contribution is 9.10. The summed E-state index contributed by atoms with van der Waals surface area (Å²) in [6.45, 7) is 0. The molecule has 3 aromatic rings. The number of halogens is 3. The molecule has 0 unspecified atom stereocenters. The molecule has 1 amide bonds. The molecule has 0 atom stereocenters. The summed E-state index contributed by atoms with van der Waals surface area (Å²) in [5, 5.41) is 8.15. The first-order chi connectivity index (χ1) is 12.9. The molecule has 0 saturated carbocycles. The predicted octanol–water partition coefficient (Wildman–Crippen LogP) is 6.04. The summed E-state index contributed by atoms with van der Waals surface area (Å²) in [6, 6.07) is 14.5. The minimum atomic E-state index is -0.408. The number of nitrogens with one attached hydrogen (secondary N) is 2. The number of fused-ring (bicyclic) bond motifs is 1. The van der Waals surface area contributed by atoms with E-state index in [0.29, 0.717) is 31.5 Å². The van der Waals surface area contributed by atoms with Crippen LogP contribution in [-0.4, -0.2) is 18.1 Å². The predicted molar refractivity (Wildman–Crippen MR) is 118 cm³/mol. The zero-order chi connectivity index (χ0) is 19.6. The number of ether oxygens (including phenoxy) is 1. The van der Waals surface area contributed by atoms with Gasteiger partial charge in [-0.1, -0.05) is 53.5 Å². The van der Waals surface area contributed by atoms with Crippen LogP contribution in [0.2, 0.25) is 10.0 Å². The van der Waals surface area contributed by atoms with Gasteiger partial charge < -0.3 is 10.1 Å². The Bertz CT molecular complexity index is 1060. The zero-order valence-corrected chi connectivity index (χ0v) is 17.9. The van der Waals surface area contributed by atoms with E-state index >= 15 is 0 Å². The van der Waals surface area contributed by atoms with Gasteiger partial charge in [-0.05, 0) is 57.1 Å². The van der Waals surface area contributed by atoms with Crippen molar-refractivity contribution in [2.45, 2.75) is 0 Å². The van der Waals surface area contributed by atoms with Crippen LogP contribution in [0.1, 0.15) is 10.4 Å². The summed E-state index contributed by atoms with van der Waals surface area (Å²) in [4.78, 5) is 12.8. The quantitative estimate of drug-likeness (QED) is 0.445. The van der Waals surface area contributed by atoms with Crippen LogP contribution in [0, 0.1) is 0 Å². The summed E-state index contributed by atoms with van der Waals surface area (Å²) in [6.07, 6.45) is 0. The highest BCUT2D eigenvalue weighted by Gasteiger charge is 2.19. The molecule has 0 fully saturated rings. The highest BCUT2D eigenvalue weighted by Crippen LogP contribution is 2.36. The van der Waals surface area contributed by atoms with E-state index in [1.54, 1.807) is 24.3 Å². The fourth-order valence-corrected chi connectivity index (χ4v) is 3.86. The van der Waals surface area contributed by atoms with Crippen molar-refractivity contribution in [1.29, 1.82) is 0 Å². The topological polar surface area (TPSA) is 50.4 Å². The lowest BCUT2D eigenvalue weighted by atomic mass is 10.1. The summed E-state index contributed by atoms with van der Waals surface area (Å²) in [5.41, 5.74) is 0.852. The second-order valence-corrected chi connectivity index (χ2v) is 7.49. The summed E-state index contributed by atoms with van der Waals surface area (Å²) in [7, 11) is 1.51. The van der Waals surface area contributed by atoms with Gasteiger partial charge in [0.15, 0.2) is 5.11 Å². The molecule has 8 heteroatoms. The third-order valence-corrected chi connectivity index (χ3v) is 5.63. The zero-order valence-electron chi connectivity index (χ0n) is 14.0. The molecule has 27 heavy (non-hydrogen) atoms. The second-order valence-electron chi connectivity index (χ2n) is 5.50. The molecule has 0 aliphatic carbocycles. The lowest BCUT2D eigenvalue weighted by molar-refractivity contribution is 0.0975. The Kier molecular flexibility index (Phi) is 6.22. The second kappa shape index (κ2) is 8.44. The Morgan fingerprint density at radius 2 is 1.89 bits per heavy atom. The Morgan fingerprint density at radius 1 is 1.15 bits per heavy atom. The SMILES string of the molecule is COc1c(C(=O)NC(=S)Nc2cccc(Cl)c2Cl)cc2ccccc2c1Br. The molecule has 0 heterocycles. The van der Waals surface area contributed by atoms with Gasteiger partial charge in [0, 0.05) is 0 Å². The maximum Gasteiger partial charge on any atom is 0.261 e. The van der Waals surface area contributed by atoms with Crippen LogP contribution in [0.15, 0.2) is 53.0 Å². The van der Waals surface area contributed by atoms with Gasteiger partial charge in [-0.2, -0.15) is 0 Å². The van der Waals surface area contributed by atoms with Gasteiger partial charge in [0.25, 0.3) is 5.91 Å². The summed E-state index contributed by atoms with van der Waals surface area (Å²) < 4.78 is 6.13. The van der Waals surface area contributed by atoms with Crippen LogP contribution < -0.4 is 15.4 Å². The Balaban J connectivity index is 1.87. The number of carbonyl (C=O) groups is 1. The van der Waals surface area contributed by atoms with Gasteiger partial charge in [-0.3, -0.25) is 10.1 Å². The molecule has 138 valence electrons. The maximum atomic E-state index is 12.8. The molecule has 0 spiro atoms. The molecule has 0 aliphatic rings. The van der Waals surface area contributed by atoms with E-state index in [1.807, 2.05) is 24.3 Å². The summed E-state index contributed by atoms with van der Waals surface area (Å²) >= 11 is 20.9. The van der Waals surface area contributed by atoms with E-state index in [9.17, 15) is 4.79 Å². The molecule has 0 radical (unpaired) electrons. The van der Waals surface area contributed by atoms with Crippen LogP contribution >= 0.6 is 51.3 Å². The van der Waals surface area contributed by atoms with Crippen molar-refractivity contribution in [2.24, 2.45) is 0 Å². The number of rotatable bonds is 3. The Morgan fingerprint density at radius 3 is 2.63 bits per heavy atom. The monoisotopic (exact) mass is 482 g/mol. The Hall–Kier alpha value is -1.86. The summed E-state index contributed by atoms with van der Waals surface area (Å²) in [5.74, 6) is 0.0174. The first-order valence-corrected chi connectivity index (χ1v) is 9.69. The van der Waals surface area contributed by atoms with E-state index in [4.69, 9.17) is 40.2 Å². The molecule has 3 rings (SSSR count). The van der Waals surface area contributed by atoms with Crippen LogP contribution in [-0.2, 0) is 0 Å². The van der Waals surface area contributed by atoms with Gasteiger partial charge in [0.2, 0.25) is 0 Å². The standard InChI is InChI=1S/C19H13BrCl2N2O2S/c1-26-17-12(9-10-5-2-3-6-11(10)15(17)20)18(25)24-19(27)23-14-8-4-7-13(21)16(14)22/h2-9H,1H3,(H2,23,24,25,27). The van der Waals surface area contributed by atoms with Crippen LogP contribution in [0.25, 0.3) is 10.8 Å². The number of carbonyl (C=O) groups excluding carboxylic acids is 1. The number of amides is 1. The third-order valence-electron chi connectivity index (χ3n) is 3.82. The van der Waals surface area contributed by atoms with E-state index in [1.165, 1.54) is 7.11 Å². The molecular weight excluding hydrogens is 471 g/mol. The smallest absolute Gasteiger partial charge is 0.261 e. The largest absolute Gasteiger partial charge is 0.495 e.